The minimum Gasteiger partial charge on any atom is -0.372 e. The van der Waals surface area contributed by atoms with Gasteiger partial charge in [-0.1, -0.05) is 17.7 Å². The maximum atomic E-state index is 12.8. The van der Waals surface area contributed by atoms with Crippen molar-refractivity contribution in [3.05, 3.63) is 65.1 Å². The van der Waals surface area contributed by atoms with E-state index in [4.69, 9.17) is 16.3 Å². The zero-order valence-corrected chi connectivity index (χ0v) is 15.1. The molecule has 26 heavy (non-hydrogen) atoms. The van der Waals surface area contributed by atoms with Crippen molar-refractivity contribution in [1.29, 1.82) is 0 Å². The molecular weight excluding hydrogens is 350 g/mol. The van der Waals surface area contributed by atoms with Gasteiger partial charge in [-0.15, -0.1) is 0 Å². The Hall–Kier alpha value is -2.37. The molecule has 0 atom stereocenters. The van der Waals surface area contributed by atoms with E-state index in [1.165, 1.54) is 0 Å². The number of amides is 1. The molecule has 2 aromatic heterocycles. The molecule has 0 spiro atoms. The molecule has 0 unspecified atom stereocenters. The van der Waals surface area contributed by atoms with Crippen molar-refractivity contribution in [2.75, 3.05) is 13.1 Å². The van der Waals surface area contributed by atoms with Crippen LogP contribution in [0.1, 0.15) is 29.0 Å². The van der Waals surface area contributed by atoms with Gasteiger partial charge in [0.1, 0.15) is 5.69 Å². The first kappa shape index (κ1) is 17.1. The van der Waals surface area contributed by atoms with Gasteiger partial charge in [0.25, 0.3) is 5.91 Å². The molecule has 1 fully saturated rings. The van der Waals surface area contributed by atoms with Gasteiger partial charge in [0.15, 0.2) is 0 Å². The normalized spacial score (nSPS) is 15.5. The molecular formula is C20H20ClN3O2. The number of H-pyrrole nitrogens is 1. The monoisotopic (exact) mass is 369 g/mol. The van der Waals surface area contributed by atoms with Crippen LogP contribution in [0.2, 0.25) is 5.02 Å². The Kier molecular flexibility index (Phi) is 4.91. The summed E-state index contributed by atoms with van der Waals surface area (Å²) in [5.74, 6) is 0.0282. The summed E-state index contributed by atoms with van der Waals surface area (Å²) in [7, 11) is 0. The summed E-state index contributed by atoms with van der Waals surface area (Å²) < 4.78 is 5.94. The molecule has 1 amide bonds. The molecule has 134 valence electrons. The van der Waals surface area contributed by atoms with E-state index < -0.39 is 0 Å². The Morgan fingerprint density at radius 3 is 2.85 bits per heavy atom. The number of likely N-dealkylation sites (tertiary alicyclic amines) is 1. The van der Waals surface area contributed by atoms with Gasteiger partial charge < -0.3 is 14.6 Å². The number of nitrogens with zero attached hydrogens (tertiary/aromatic N) is 2. The van der Waals surface area contributed by atoms with Gasteiger partial charge in [0.05, 0.1) is 18.4 Å². The maximum Gasteiger partial charge on any atom is 0.270 e. The number of halogens is 1. The number of carbonyl (C=O) groups excluding carboxylic acids is 1. The van der Waals surface area contributed by atoms with Crippen LogP contribution in [0.4, 0.5) is 0 Å². The Bertz CT molecular complexity index is 902. The Morgan fingerprint density at radius 1 is 1.23 bits per heavy atom. The summed E-state index contributed by atoms with van der Waals surface area (Å²) >= 11 is 6.02. The number of benzene rings is 1. The number of hydrogen-bond acceptors (Lipinski definition) is 3. The number of fused-ring (bicyclic) bond motifs is 1. The second-order valence-corrected chi connectivity index (χ2v) is 6.97. The van der Waals surface area contributed by atoms with Gasteiger partial charge >= 0.3 is 0 Å². The SMILES string of the molecule is O=C(c1cc2cc(Cl)ccc2[nH]1)N1CCC(OCc2ccccn2)CC1. The number of aromatic nitrogens is 2. The molecule has 0 aliphatic carbocycles. The highest BCUT2D eigenvalue weighted by Gasteiger charge is 2.25. The van der Waals surface area contributed by atoms with Crippen LogP contribution < -0.4 is 0 Å². The number of nitrogens with one attached hydrogen (secondary N) is 1. The Balaban J connectivity index is 1.34. The van der Waals surface area contributed by atoms with Crippen molar-refractivity contribution in [1.82, 2.24) is 14.9 Å². The summed E-state index contributed by atoms with van der Waals surface area (Å²) in [4.78, 5) is 22.1. The molecule has 3 heterocycles. The smallest absolute Gasteiger partial charge is 0.270 e. The average Bonchev–Trinajstić information content (AvgIpc) is 3.10. The fourth-order valence-electron chi connectivity index (χ4n) is 3.30. The van der Waals surface area contributed by atoms with Crippen LogP contribution in [0.3, 0.4) is 0 Å². The number of hydrogen-bond donors (Lipinski definition) is 1. The number of pyridine rings is 1. The van der Waals surface area contributed by atoms with Crippen LogP contribution in [-0.4, -0.2) is 40.0 Å². The van der Waals surface area contributed by atoms with E-state index in [2.05, 4.69) is 9.97 Å². The number of piperidine rings is 1. The predicted molar refractivity (Wildman–Crippen MR) is 101 cm³/mol. The quantitative estimate of drug-likeness (QED) is 0.755. The lowest BCUT2D eigenvalue weighted by molar-refractivity contribution is -0.00171. The van der Waals surface area contributed by atoms with Gasteiger partial charge in [0.2, 0.25) is 0 Å². The maximum absolute atomic E-state index is 12.8. The molecule has 1 aliphatic rings. The third-order valence-corrected chi connectivity index (χ3v) is 4.97. The molecule has 1 saturated heterocycles. The van der Waals surface area contributed by atoms with Crippen LogP contribution in [-0.2, 0) is 11.3 Å². The van der Waals surface area contributed by atoms with Crippen LogP contribution in [0.5, 0.6) is 0 Å². The minimum atomic E-state index is 0.0282. The van der Waals surface area contributed by atoms with Crippen molar-refractivity contribution in [2.45, 2.75) is 25.6 Å². The lowest BCUT2D eigenvalue weighted by Crippen LogP contribution is -2.41. The molecule has 0 radical (unpaired) electrons. The van der Waals surface area contributed by atoms with Crippen LogP contribution >= 0.6 is 11.6 Å². The molecule has 1 aromatic carbocycles. The second-order valence-electron chi connectivity index (χ2n) is 6.54. The summed E-state index contributed by atoms with van der Waals surface area (Å²) in [6.45, 7) is 1.91. The third kappa shape index (κ3) is 3.74. The molecule has 1 N–H and O–H groups in total. The first-order valence-electron chi connectivity index (χ1n) is 8.78. The Morgan fingerprint density at radius 2 is 2.08 bits per heavy atom. The fourth-order valence-corrected chi connectivity index (χ4v) is 3.48. The van der Waals surface area contributed by atoms with Gasteiger partial charge in [-0.3, -0.25) is 9.78 Å². The highest BCUT2D eigenvalue weighted by Crippen LogP contribution is 2.22. The van der Waals surface area contributed by atoms with Crippen molar-refractivity contribution in [2.24, 2.45) is 0 Å². The number of ether oxygens (including phenoxy) is 1. The van der Waals surface area contributed by atoms with E-state index in [0.29, 0.717) is 30.4 Å². The van der Waals surface area contributed by atoms with Crippen LogP contribution in [0.15, 0.2) is 48.7 Å². The van der Waals surface area contributed by atoms with Gasteiger partial charge in [-0.25, -0.2) is 0 Å². The summed E-state index contributed by atoms with van der Waals surface area (Å²) in [6, 6.07) is 13.3. The summed E-state index contributed by atoms with van der Waals surface area (Å²) in [6.07, 6.45) is 3.62. The molecule has 3 aromatic rings. The third-order valence-electron chi connectivity index (χ3n) is 4.74. The second kappa shape index (κ2) is 7.48. The van der Waals surface area contributed by atoms with E-state index in [1.54, 1.807) is 6.20 Å². The van der Waals surface area contributed by atoms with Crippen LogP contribution in [0, 0.1) is 0 Å². The lowest BCUT2D eigenvalue weighted by Gasteiger charge is -2.31. The standard InChI is InChI=1S/C20H20ClN3O2/c21-15-4-5-18-14(11-15)12-19(23-18)20(25)24-9-6-17(7-10-24)26-13-16-3-1-2-8-22-16/h1-5,8,11-12,17,23H,6-7,9-10,13H2. The number of rotatable bonds is 4. The lowest BCUT2D eigenvalue weighted by atomic mass is 10.1. The first-order valence-corrected chi connectivity index (χ1v) is 9.16. The Labute approximate surface area is 156 Å². The number of aromatic amines is 1. The van der Waals surface area contributed by atoms with Crippen molar-refractivity contribution in [3.63, 3.8) is 0 Å². The van der Waals surface area contributed by atoms with Crippen molar-refractivity contribution >= 4 is 28.4 Å². The molecule has 5 nitrogen and oxygen atoms in total. The molecule has 0 saturated carbocycles. The average molecular weight is 370 g/mol. The minimum absolute atomic E-state index is 0.0282. The zero-order chi connectivity index (χ0) is 17.9. The van der Waals surface area contributed by atoms with E-state index in [1.807, 2.05) is 47.4 Å². The molecule has 4 rings (SSSR count). The van der Waals surface area contributed by atoms with Gasteiger partial charge in [-0.05, 0) is 49.2 Å². The van der Waals surface area contributed by atoms with Gasteiger partial charge in [0, 0.05) is 35.2 Å². The van der Waals surface area contributed by atoms with E-state index in [9.17, 15) is 4.79 Å². The largest absolute Gasteiger partial charge is 0.372 e. The highest BCUT2D eigenvalue weighted by atomic mass is 35.5. The molecule has 6 heteroatoms. The predicted octanol–water partition coefficient (Wildman–Crippen LogP) is 4.04. The molecule has 0 bridgehead atoms. The van der Waals surface area contributed by atoms with E-state index >= 15 is 0 Å². The van der Waals surface area contributed by atoms with Crippen molar-refractivity contribution < 1.29 is 9.53 Å². The first-order chi connectivity index (χ1) is 12.7. The summed E-state index contributed by atoms with van der Waals surface area (Å²) in [5.41, 5.74) is 2.46. The topological polar surface area (TPSA) is 58.2 Å². The molecule has 1 aliphatic heterocycles. The number of carbonyl (C=O) groups is 1. The zero-order valence-electron chi connectivity index (χ0n) is 14.3. The van der Waals surface area contributed by atoms with E-state index in [0.717, 1.165) is 29.4 Å². The van der Waals surface area contributed by atoms with Crippen molar-refractivity contribution in [3.8, 4) is 0 Å². The fraction of sp³-hybridized carbons (Fsp3) is 0.300. The highest BCUT2D eigenvalue weighted by molar-refractivity contribution is 6.31. The summed E-state index contributed by atoms with van der Waals surface area (Å²) in [5, 5.41) is 1.62. The van der Waals surface area contributed by atoms with Crippen LogP contribution in [0.25, 0.3) is 10.9 Å². The van der Waals surface area contributed by atoms with Gasteiger partial charge in [-0.2, -0.15) is 0 Å². The van der Waals surface area contributed by atoms with E-state index in [-0.39, 0.29) is 12.0 Å².